The van der Waals surface area contributed by atoms with Gasteiger partial charge in [0.05, 0.1) is 13.2 Å². The van der Waals surface area contributed by atoms with Crippen LogP contribution in [0.3, 0.4) is 0 Å². The molecule has 15 rings (SSSR count). The summed E-state index contributed by atoms with van der Waals surface area (Å²) in [7, 11) is 0. The zero-order chi connectivity index (χ0) is 56.3. The van der Waals surface area contributed by atoms with Gasteiger partial charge in [0.2, 0.25) is 13.4 Å². The fourth-order valence-corrected chi connectivity index (χ4v) is 13.5. The molecule has 79 heavy (non-hydrogen) atoms. The van der Waals surface area contributed by atoms with Crippen LogP contribution in [-0.2, 0) is 0 Å². The summed E-state index contributed by atoms with van der Waals surface area (Å²) in [4.78, 5) is 0. The summed E-state index contributed by atoms with van der Waals surface area (Å²) in [5.41, 5.74) is 23.0. The second-order valence-corrected chi connectivity index (χ2v) is 19.4. The Hall–Kier alpha value is -8.27. The normalized spacial score (nSPS) is 11.3. The van der Waals surface area contributed by atoms with E-state index >= 15 is 0 Å². The van der Waals surface area contributed by atoms with Crippen molar-refractivity contribution in [3.05, 3.63) is 120 Å². The lowest BCUT2D eigenvalue weighted by Crippen LogP contribution is -2.79. The molecule has 2 nitrogen and oxygen atoms in total. The summed E-state index contributed by atoms with van der Waals surface area (Å²) >= 11 is 0. The second-order valence-electron chi connectivity index (χ2n) is 19.4. The van der Waals surface area contributed by atoms with Crippen molar-refractivity contribution in [1.82, 2.24) is 0 Å². The summed E-state index contributed by atoms with van der Waals surface area (Å²) in [5, 5.41) is 16.3. The molecule has 5 heterocycles. The lowest BCUT2D eigenvalue weighted by Gasteiger charge is -2.47. The van der Waals surface area contributed by atoms with Crippen LogP contribution in [0.2, 0.25) is 0 Å². The molecule has 0 aliphatic carbocycles. The number of unbranched alkanes of at least 4 members (excludes halogenated alkanes) is 2. The highest BCUT2D eigenvalue weighted by Gasteiger charge is 2.54. The third-order valence-corrected chi connectivity index (χ3v) is 15.9. The average molecular weight is 1030 g/mol. The summed E-state index contributed by atoms with van der Waals surface area (Å²) < 4.78 is 13.6. The van der Waals surface area contributed by atoms with Crippen molar-refractivity contribution < 1.29 is 9.47 Å². The predicted octanol–water partition coefficient (Wildman–Crippen LogP) is 16.3. The molecule has 0 bridgehead atoms. The topological polar surface area (TPSA) is 18.5 Å². The fraction of sp³-hybridized carbons (Fsp3) is 0.253. The Bertz CT molecular complexity index is 3880. The molecular formula is C75H76B2O2. The first-order valence-electron chi connectivity index (χ1n) is 28.3. The minimum absolute atomic E-state index is 0. The molecule has 0 N–H and O–H groups in total. The molecule has 0 radical (unpaired) electrons. The third-order valence-electron chi connectivity index (χ3n) is 15.9. The Labute approximate surface area is 473 Å². The molecule has 5 aliphatic heterocycles. The molecular weight excluding hydrogens is 954 g/mol. The van der Waals surface area contributed by atoms with Crippen LogP contribution in [0.25, 0.3) is 109 Å². The lowest BCUT2D eigenvalue weighted by atomic mass is 9.16. The van der Waals surface area contributed by atoms with Gasteiger partial charge in [-0.25, -0.2) is 0 Å². The van der Waals surface area contributed by atoms with Gasteiger partial charge < -0.3 is 9.47 Å². The van der Waals surface area contributed by atoms with Crippen LogP contribution in [0.15, 0.2) is 109 Å². The standard InChI is InChI=1S/C58H42B2O2.2C3H4.3C2H6.2C2H2.CH4/c1-5-7-25-61-43-23-21-37-47-33-15-11-9-13-31(33)45-35-19-17-29(3)39-27-40-30(4)18-20-36-46-32-14-10-12-16-34(32)48-38-22-24-44(62-26-8-6-2)42-28-41(43)51(37)54(52(38)42)60-57(47)55(45)59(56(46)58(48)60)53(49(35)39)50(36)40;2*1-3-2;5*1-2;/h9-24,27-28H,5-8,25-26H2,1-4H3;2*1H,2H3;3*1-2H3;2*1-2H;1H4. The van der Waals surface area contributed by atoms with Gasteiger partial charge in [0.25, 0.3) is 0 Å². The molecule has 0 fully saturated rings. The van der Waals surface area contributed by atoms with Crippen molar-refractivity contribution >= 4 is 111 Å². The monoisotopic (exact) mass is 1030 g/mol. The number of terminal acetylenes is 4. The van der Waals surface area contributed by atoms with Gasteiger partial charge in [-0.1, -0.05) is 193 Å². The molecule has 4 heteroatoms. The predicted molar refractivity (Wildman–Crippen MR) is 356 cm³/mol. The summed E-state index contributed by atoms with van der Waals surface area (Å²) in [6.45, 7) is 26.0. The molecule has 10 aromatic carbocycles. The van der Waals surface area contributed by atoms with Crippen molar-refractivity contribution in [2.75, 3.05) is 13.2 Å². The zero-order valence-corrected chi connectivity index (χ0v) is 48.1. The number of hydrogen-bond acceptors (Lipinski definition) is 2. The largest absolute Gasteiger partial charge is 0.493 e. The molecule has 394 valence electrons. The van der Waals surface area contributed by atoms with E-state index in [-0.39, 0.29) is 20.9 Å². The lowest BCUT2D eigenvalue weighted by molar-refractivity contribution is 0.312. The van der Waals surface area contributed by atoms with Gasteiger partial charge in [-0.2, -0.15) is 0 Å². The Morgan fingerprint density at radius 1 is 0.392 bits per heavy atom. The molecule has 0 unspecified atom stereocenters. The number of rotatable bonds is 8. The maximum Gasteiger partial charge on any atom is 0.243 e. The SMILES string of the molecule is C.C#C.C#C.C#CC.C#CC.CC.CC.CC.CCCCOc1ccc2c3c4c5c(ccc(OCCCC)c5cc13)-c1c3c5c(c6ccccc16)-c1ccc(C)c6cc7c(C)ccc8c7c(c16)B5c1c(c-2c2ccccc2c1-8)B34. The molecule has 0 spiro atoms. The summed E-state index contributed by atoms with van der Waals surface area (Å²) in [6, 6.07) is 42.9. The minimum Gasteiger partial charge on any atom is -0.493 e. The Morgan fingerprint density at radius 3 is 0.949 bits per heavy atom. The maximum absolute atomic E-state index is 6.82. The van der Waals surface area contributed by atoms with E-state index in [1.54, 1.807) is 13.8 Å². The smallest absolute Gasteiger partial charge is 0.243 e. The van der Waals surface area contributed by atoms with E-state index in [4.69, 9.17) is 9.47 Å². The van der Waals surface area contributed by atoms with E-state index in [1.165, 1.54) is 153 Å². The van der Waals surface area contributed by atoms with Crippen molar-refractivity contribution in [3.8, 4) is 106 Å². The zero-order valence-electron chi connectivity index (χ0n) is 48.1. The van der Waals surface area contributed by atoms with Gasteiger partial charge in [-0.3, -0.25) is 0 Å². The number of fused-ring (bicyclic) bond motifs is 10. The van der Waals surface area contributed by atoms with Crippen molar-refractivity contribution in [2.24, 2.45) is 0 Å². The van der Waals surface area contributed by atoms with E-state index in [0.717, 1.165) is 37.2 Å². The molecule has 0 saturated carbocycles. The molecule has 5 aliphatic rings. The summed E-state index contributed by atoms with van der Waals surface area (Å²) in [5.74, 6) is 6.46. The van der Waals surface area contributed by atoms with Crippen LogP contribution in [0, 0.1) is 64.2 Å². The van der Waals surface area contributed by atoms with Gasteiger partial charge in [0.1, 0.15) is 11.5 Å². The van der Waals surface area contributed by atoms with Crippen molar-refractivity contribution in [3.63, 3.8) is 0 Å². The van der Waals surface area contributed by atoms with E-state index in [9.17, 15) is 0 Å². The van der Waals surface area contributed by atoms with Crippen LogP contribution in [0.4, 0.5) is 0 Å². The van der Waals surface area contributed by atoms with Crippen LogP contribution in [-0.4, -0.2) is 26.6 Å². The average Bonchev–Trinajstić information content (AvgIpc) is 2.73. The number of hydrogen-bond donors (Lipinski definition) is 0. The molecule has 0 saturated heterocycles. The van der Waals surface area contributed by atoms with Crippen LogP contribution >= 0.6 is 0 Å². The van der Waals surface area contributed by atoms with Gasteiger partial charge in [-0.15, -0.1) is 50.4 Å². The molecule has 0 aromatic heterocycles. The molecule has 0 amide bonds. The van der Waals surface area contributed by atoms with E-state index < -0.39 is 0 Å². The van der Waals surface area contributed by atoms with Gasteiger partial charge >= 0.3 is 0 Å². The number of ether oxygens (including phenoxy) is 2. The molecule has 0 atom stereocenters. The molecule has 10 aromatic rings. The quantitative estimate of drug-likeness (QED) is 0.0653. The highest BCUT2D eigenvalue weighted by atomic mass is 16.5. The fourth-order valence-electron chi connectivity index (χ4n) is 13.5. The third kappa shape index (κ3) is 8.35. The number of benzene rings is 10. The number of aryl methyl sites for hydroxylation is 2. The maximum atomic E-state index is 6.82. The van der Waals surface area contributed by atoms with Gasteiger partial charge in [0, 0.05) is 10.8 Å². The van der Waals surface area contributed by atoms with Crippen LogP contribution < -0.4 is 42.3 Å². The van der Waals surface area contributed by atoms with Crippen LogP contribution in [0.1, 0.15) is 113 Å². The first kappa shape index (κ1) is 58.4. The van der Waals surface area contributed by atoms with Gasteiger partial charge in [0.15, 0.2) is 0 Å². The highest BCUT2D eigenvalue weighted by Crippen LogP contribution is 2.52. The van der Waals surface area contributed by atoms with Crippen molar-refractivity contribution in [1.29, 1.82) is 0 Å². The summed E-state index contributed by atoms with van der Waals surface area (Å²) in [6.07, 6.45) is 29.4. The highest BCUT2D eigenvalue weighted by molar-refractivity contribution is 7.17. The second kappa shape index (κ2) is 24.6. The first-order valence-corrected chi connectivity index (χ1v) is 28.3. The van der Waals surface area contributed by atoms with Crippen molar-refractivity contribution in [2.45, 2.75) is 116 Å². The Kier molecular flexibility index (Phi) is 18.2. The first-order chi connectivity index (χ1) is 38.4. The van der Waals surface area contributed by atoms with E-state index in [1.807, 2.05) is 41.5 Å². The minimum atomic E-state index is 0. The van der Waals surface area contributed by atoms with Crippen LogP contribution in [0.5, 0.6) is 11.5 Å². The Balaban J connectivity index is 0.000000487. The van der Waals surface area contributed by atoms with E-state index in [0.29, 0.717) is 13.2 Å². The Morgan fingerprint density at radius 2 is 0.658 bits per heavy atom. The van der Waals surface area contributed by atoms with E-state index in [2.05, 4.69) is 187 Å². The van der Waals surface area contributed by atoms with Gasteiger partial charge in [-0.05, 0) is 174 Å².